The SMILES string of the molecule is CN1CCC(CNC(=O)N[C@H](CO)C(=O)O)CC1. The number of aliphatic carboxylic acids is 1. The molecule has 7 heteroatoms. The van der Waals surface area contributed by atoms with E-state index in [0.29, 0.717) is 12.5 Å². The van der Waals surface area contributed by atoms with Crippen LogP contribution < -0.4 is 10.6 Å². The number of aliphatic hydroxyl groups excluding tert-OH is 1. The standard InChI is InChI=1S/C11H21N3O4/c1-14-4-2-8(3-5-14)6-12-11(18)13-9(7-15)10(16)17/h8-9,15H,2-7H2,1H3,(H,16,17)(H2,12,13,18)/t9-/m1/s1. The molecule has 0 aromatic heterocycles. The van der Waals surface area contributed by atoms with Crippen molar-refractivity contribution in [2.75, 3.05) is 33.3 Å². The minimum atomic E-state index is -1.25. The second kappa shape index (κ2) is 7.17. The van der Waals surface area contributed by atoms with Gasteiger partial charge in [-0.05, 0) is 38.9 Å². The van der Waals surface area contributed by atoms with Crippen LogP contribution in [0.15, 0.2) is 0 Å². The van der Waals surface area contributed by atoms with Crippen LogP contribution in [0.5, 0.6) is 0 Å². The number of carbonyl (C=O) groups is 2. The molecule has 1 saturated heterocycles. The zero-order chi connectivity index (χ0) is 13.5. The number of likely N-dealkylation sites (tertiary alicyclic amines) is 1. The van der Waals surface area contributed by atoms with Gasteiger partial charge in [-0.2, -0.15) is 0 Å². The van der Waals surface area contributed by atoms with Crippen molar-refractivity contribution in [3.63, 3.8) is 0 Å². The van der Waals surface area contributed by atoms with Crippen LogP contribution in [0.2, 0.25) is 0 Å². The van der Waals surface area contributed by atoms with Crippen LogP contribution in [-0.2, 0) is 4.79 Å². The van der Waals surface area contributed by atoms with Crippen LogP contribution in [0.4, 0.5) is 4.79 Å². The van der Waals surface area contributed by atoms with Gasteiger partial charge >= 0.3 is 12.0 Å². The van der Waals surface area contributed by atoms with Crippen LogP contribution in [0.25, 0.3) is 0 Å². The van der Waals surface area contributed by atoms with Crippen molar-refractivity contribution in [3.8, 4) is 0 Å². The first-order valence-electron chi connectivity index (χ1n) is 6.09. The van der Waals surface area contributed by atoms with Gasteiger partial charge in [-0.1, -0.05) is 0 Å². The molecule has 1 atom stereocenters. The minimum Gasteiger partial charge on any atom is -0.480 e. The Morgan fingerprint density at radius 3 is 2.50 bits per heavy atom. The summed E-state index contributed by atoms with van der Waals surface area (Å²) in [4.78, 5) is 24.3. The number of carbonyl (C=O) groups excluding carboxylic acids is 1. The van der Waals surface area contributed by atoms with Gasteiger partial charge in [-0.3, -0.25) is 0 Å². The number of hydrogen-bond donors (Lipinski definition) is 4. The highest BCUT2D eigenvalue weighted by Gasteiger charge is 2.20. The number of urea groups is 1. The molecule has 0 saturated carbocycles. The molecule has 0 spiro atoms. The van der Waals surface area contributed by atoms with Crippen LogP contribution in [0, 0.1) is 5.92 Å². The first-order chi connectivity index (χ1) is 8.52. The lowest BCUT2D eigenvalue weighted by Crippen LogP contribution is -2.49. The van der Waals surface area contributed by atoms with Gasteiger partial charge in [0.15, 0.2) is 6.04 Å². The molecule has 0 aromatic carbocycles. The van der Waals surface area contributed by atoms with Gasteiger partial charge in [0.2, 0.25) is 0 Å². The lowest BCUT2D eigenvalue weighted by atomic mass is 9.97. The third-order valence-corrected chi connectivity index (χ3v) is 3.18. The highest BCUT2D eigenvalue weighted by atomic mass is 16.4. The summed E-state index contributed by atoms with van der Waals surface area (Å²) in [5, 5.41) is 22.3. The lowest BCUT2D eigenvalue weighted by molar-refractivity contribution is -0.140. The van der Waals surface area contributed by atoms with E-state index in [1.165, 1.54) is 0 Å². The summed E-state index contributed by atoms with van der Waals surface area (Å²) in [6, 6.07) is -1.79. The second-order valence-corrected chi connectivity index (χ2v) is 4.67. The number of nitrogens with zero attached hydrogens (tertiary/aromatic N) is 1. The van der Waals surface area contributed by atoms with Crippen LogP contribution >= 0.6 is 0 Å². The van der Waals surface area contributed by atoms with Crippen molar-refractivity contribution in [2.24, 2.45) is 5.92 Å². The summed E-state index contributed by atoms with van der Waals surface area (Å²) >= 11 is 0. The Bertz CT molecular complexity index is 290. The predicted molar refractivity (Wildman–Crippen MR) is 65.3 cm³/mol. The zero-order valence-electron chi connectivity index (χ0n) is 10.6. The molecular formula is C11H21N3O4. The topological polar surface area (TPSA) is 102 Å². The number of hydrogen-bond acceptors (Lipinski definition) is 4. The van der Waals surface area contributed by atoms with Crippen molar-refractivity contribution in [2.45, 2.75) is 18.9 Å². The van der Waals surface area contributed by atoms with E-state index in [9.17, 15) is 9.59 Å². The average Bonchev–Trinajstić information content (AvgIpc) is 2.35. The molecule has 4 N–H and O–H groups in total. The van der Waals surface area contributed by atoms with Gasteiger partial charge in [0.1, 0.15) is 0 Å². The molecule has 0 unspecified atom stereocenters. The monoisotopic (exact) mass is 259 g/mol. The van der Waals surface area contributed by atoms with E-state index in [2.05, 4.69) is 22.6 Å². The fraction of sp³-hybridized carbons (Fsp3) is 0.818. The van der Waals surface area contributed by atoms with E-state index in [1.807, 2.05) is 0 Å². The first kappa shape index (κ1) is 14.7. The van der Waals surface area contributed by atoms with Gasteiger partial charge in [0.25, 0.3) is 0 Å². The molecule has 0 aromatic rings. The molecule has 1 aliphatic heterocycles. The predicted octanol–water partition coefficient (Wildman–Crippen LogP) is -0.927. The number of carboxylic acid groups (broad SMARTS) is 1. The Labute approximate surface area is 106 Å². The number of aliphatic hydroxyl groups is 1. The number of nitrogens with one attached hydrogen (secondary N) is 2. The number of carboxylic acids is 1. The van der Waals surface area contributed by atoms with Crippen LogP contribution in [-0.4, -0.2) is 66.4 Å². The Morgan fingerprint density at radius 1 is 1.39 bits per heavy atom. The van der Waals surface area contributed by atoms with Crippen molar-refractivity contribution in [1.29, 1.82) is 0 Å². The van der Waals surface area contributed by atoms with Crippen molar-refractivity contribution in [3.05, 3.63) is 0 Å². The Hall–Kier alpha value is -1.34. The summed E-state index contributed by atoms with van der Waals surface area (Å²) in [6.45, 7) is 1.96. The third kappa shape index (κ3) is 4.89. The maximum Gasteiger partial charge on any atom is 0.328 e. The normalized spacial score (nSPS) is 19.2. The quantitative estimate of drug-likeness (QED) is 0.511. The van der Waals surface area contributed by atoms with Crippen LogP contribution in [0.3, 0.4) is 0 Å². The number of amides is 2. The maximum absolute atomic E-state index is 11.4. The van der Waals surface area contributed by atoms with E-state index >= 15 is 0 Å². The molecule has 7 nitrogen and oxygen atoms in total. The Morgan fingerprint density at radius 2 is 2.00 bits per heavy atom. The molecule has 104 valence electrons. The van der Waals surface area contributed by atoms with Gasteiger partial charge in [-0.15, -0.1) is 0 Å². The Balaban J connectivity index is 2.22. The van der Waals surface area contributed by atoms with Crippen LogP contribution in [0.1, 0.15) is 12.8 Å². The van der Waals surface area contributed by atoms with Crippen molar-refractivity contribution >= 4 is 12.0 Å². The van der Waals surface area contributed by atoms with Gasteiger partial charge in [0.05, 0.1) is 6.61 Å². The first-order valence-corrected chi connectivity index (χ1v) is 6.09. The highest BCUT2D eigenvalue weighted by Crippen LogP contribution is 2.14. The summed E-state index contributed by atoms with van der Waals surface area (Å²) in [5.74, 6) is -0.809. The summed E-state index contributed by atoms with van der Waals surface area (Å²) < 4.78 is 0. The molecule has 0 aliphatic carbocycles. The summed E-state index contributed by atoms with van der Waals surface area (Å²) in [6.07, 6.45) is 2.05. The fourth-order valence-electron chi connectivity index (χ4n) is 1.90. The van der Waals surface area contributed by atoms with Crippen molar-refractivity contribution in [1.82, 2.24) is 15.5 Å². The van der Waals surface area contributed by atoms with Gasteiger partial charge in [-0.25, -0.2) is 9.59 Å². The molecule has 1 aliphatic rings. The van der Waals surface area contributed by atoms with Crippen molar-refractivity contribution < 1.29 is 19.8 Å². The third-order valence-electron chi connectivity index (χ3n) is 3.18. The molecular weight excluding hydrogens is 238 g/mol. The zero-order valence-corrected chi connectivity index (χ0v) is 10.6. The summed E-state index contributed by atoms with van der Waals surface area (Å²) in [7, 11) is 2.06. The molecule has 0 radical (unpaired) electrons. The van der Waals surface area contributed by atoms with Gasteiger partial charge < -0.3 is 25.7 Å². The largest absolute Gasteiger partial charge is 0.480 e. The smallest absolute Gasteiger partial charge is 0.328 e. The summed E-state index contributed by atoms with van der Waals surface area (Å²) in [5.41, 5.74) is 0. The van der Waals surface area contributed by atoms with E-state index in [0.717, 1.165) is 25.9 Å². The minimum absolute atomic E-state index is 0.435. The van der Waals surface area contributed by atoms with E-state index in [1.54, 1.807) is 0 Å². The average molecular weight is 259 g/mol. The fourth-order valence-corrected chi connectivity index (χ4v) is 1.90. The van der Waals surface area contributed by atoms with E-state index in [-0.39, 0.29) is 0 Å². The van der Waals surface area contributed by atoms with Gasteiger partial charge in [0, 0.05) is 6.54 Å². The highest BCUT2D eigenvalue weighted by molar-refractivity contribution is 5.82. The molecule has 1 heterocycles. The Kier molecular flexibility index (Phi) is 5.87. The molecule has 18 heavy (non-hydrogen) atoms. The number of rotatable bonds is 5. The maximum atomic E-state index is 11.4. The van der Waals surface area contributed by atoms with E-state index < -0.39 is 24.6 Å². The molecule has 1 fully saturated rings. The van der Waals surface area contributed by atoms with E-state index in [4.69, 9.17) is 10.2 Å². The molecule has 0 bridgehead atoms. The number of piperidine rings is 1. The lowest BCUT2D eigenvalue weighted by Gasteiger charge is -2.29. The molecule has 1 rings (SSSR count). The second-order valence-electron chi connectivity index (χ2n) is 4.67. The molecule has 2 amide bonds.